The fourth-order valence-corrected chi connectivity index (χ4v) is 3.14. The molecule has 0 aliphatic heterocycles. The Bertz CT molecular complexity index is 1150. The summed E-state index contributed by atoms with van der Waals surface area (Å²) >= 11 is 0. The normalized spacial score (nSPS) is 10.6. The first kappa shape index (κ1) is 17.4. The lowest BCUT2D eigenvalue weighted by atomic mass is 10.1. The molecule has 0 unspecified atom stereocenters. The molecule has 3 aromatic heterocycles. The molecule has 0 fully saturated rings. The Morgan fingerprint density at radius 3 is 2.68 bits per heavy atom. The summed E-state index contributed by atoms with van der Waals surface area (Å²) in [7, 11) is 0. The predicted molar refractivity (Wildman–Crippen MR) is 102 cm³/mol. The van der Waals surface area contributed by atoms with E-state index in [9.17, 15) is 10.1 Å². The maximum atomic E-state index is 12.8. The van der Waals surface area contributed by atoms with Crippen molar-refractivity contribution in [2.24, 2.45) is 0 Å². The first-order valence-electron chi connectivity index (χ1n) is 8.70. The van der Waals surface area contributed by atoms with Gasteiger partial charge in [0.05, 0.1) is 12.0 Å². The number of nitrogens with zero attached hydrogens (tertiary/aromatic N) is 4. The minimum Gasteiger partial charge on any atom is -0.443 e. The van der Waals surface area contributed by atoms with Crippen LogP contribution in [0.1, 0.15) is 27.2 Å². The van der Waals surface area contributed by atoms with Gasteiger partial charge in [0.1, 0.15) is 23.0 Å². The fraction of sp³-hybridized carbons (Fsp3) is 0.0952. The van der Waals surface area contributed by atoms with E-state index < -0.39 is 0 Å². The van der Waals surface area contributed by atoms with Gasteiger partial charge in [-0.05, 0) is 30.7 Å². The molecule has 0 atom stereocenters. The van der Waals surface area contributed by atoms with Crippen LogP contribution in [0, 0.1) is 18.3 Å². The molecule has 0 radical (unpaired) electrons. The van der Waals surface area contributed by atoms with Crippen LogP contribution in [0.25, 0.3) is 11.6 Å². The summed E-state index contributed by atoms with van der Waals surface area (Å²) in [5, 5.41) is 12.5. The molecule has 1 N–H and O–H groups in total. The topological polar surface area (TPSA) is 88.8 Å². The van der Waals surface area contributed by atoms with Crippen LogP contribution >= 0.6 is 0 Å². The smallest absolute Gasteiger partial charge is 0.256 e. The van der Waals surface area contributed by atoms with Gasteiger partial charge in [0.2, 0.25) is 5.88 Å². The number of benzene rings is 1. The van der Waals surface area contributed by atoms with E-state index in [1.807, 2.05) is 47.2 Å². The minimum atomic E-state index is -0.350. The second kappa shape index (κ2) is 7.29. The molecule has 3 heterocycles. The molecule has 0 spiro atoms. The average Bonchev–Trinajstić information content (AvgIpc) is 3.46. The largest absolute Gasteiger partial charge is 0.443 e. The average molecular weight is 371 g/mol. The van der Waals surface area contributed by atoms with Crippen molar-refractivity contribution in [2.45, 2.75) is 13.5 Å². The highest BCUT2D eigenvalue weighted by molar-refractivity contribution is 5.98. The molecule has 0 aliphatic rings. The number of aryl methyl sites for hydroxylation is 1. The van der Waals surface area contributed by atoms with Crippen LogP contribution < -0.4 is 5.32 Å². The lowest BCUT2D eigenvalue weighted by molar-refractivity contribution is 0.0949. The van der Waals surface area contributed by atoms with Gasteiger partial charge in [-0.3, -0.25) is 9.36 Å². The molecule has 7 nitrogen and oxygen atoms in total. The Labute approximate surface area is 161 Å². The Balaban J connectivity index is 1.60. The lowest BCUT2D eigenvalue weighted by Crippen LogP contribution is -2.24. The second-order valence-electron chi connectivity index (χ2n) is 6.20. The Morgan fingerprint density at radius 1 is 1.18 bits per heavy atom. The van der Waals surface area contributed by atoms with Gasteiger partial charge in [0, 0.05) is 31.3 Å². The zero-order valence-corrected chi connectivity index (χ0v) is 15.2. The predicted octanol–water partition coefficient (Wildman–Crippen LogP) is 3.37. The monoisotopic (exact) mass is 371 g/mol. The third-order valence-electron chi connectivity index (χ3n) is 4.46. The molecule has 0 bridgehead atoms. The van der Waals surface area contributed by atoms with E-state index in [4.69, 9.17) is 4.42 Å². The summed E-state index contributed by atoms with van der Waals surface area (Å²) in [5.74, 6) is 0.395. The Morgan fingerprint density at radius 2 is 1.96 bits per heavy atom. The SMILES string of the molecule is Cc1oc(-n2cccc2)c(C#N)c1C(=O)NCc1ccccc1-n1ccnc1. The molecule has 4 aromatic rings. The Kier molecular flexibility index (Phi) is 4.52. The van der Waals surface area contributed by atoms with E-state index in [2.05, 4.69) is 16.4 Å². The van der Waals surface area contributed by atoms with E-state index in [0.717, 1.165) is 11.3 Å². The van der Waals surface area contributed by atoms with Crippen molar-refractivity contribution in [1.29, 1.82) is 5.26 Å². The number of imidazole rings is 1. The van der Waals surface area contributed by atoms with Crippen LogP contribution in [0.4, 0.5) is 0 Å². The number of carbonyl (C=O) groups is 1. The molecule has 1 amide bonds. The fourth-order valence-electron chi connectivity index (χ4n) is 3.14. The number of aromatic nitrogens is 3. The number of hydrogen-bond acceptors (Lipinski definition) is 4. The van der Waals surface area contributed by atoms with Crippen LogP contribution in [0.2, 0.25) is 0 Å². The summed E-state index contributed by atoms with van der Waals surface area (Å²) in [6.07, 6.45) is 8.78. The standard InChI is InChI=1S/C21H17N5O2/c1-15-19(17(12-22)21(28-15)25-9-4-5-10-25)20(27)24-13-16-6-2-3-7-18(16)26-11-8-23-14-26/h2-11,14H,13H2,1H3,(H,24,27). The molecule has 0 saturated heterocycles. The van der Waals surface area contributed by atoms with Crippen LogP contribution in [-0.4, -0.2) is 20.0 Å². The van der Waals surface area contributed by atoms with Crippen LogP contribution in [0.15, 0.2) is 71.9 Å². The number of carbonyl (C=O) groups excluding carboxylic acids is 1. The van der Waals surface area contributed by atoms with Gasteiger partial charge < -0.3 is 14.3 Å². The Hall–Kier alpha value is -4.05. The van der Waals surface area contributed by atoms with Crippen molar-refractivity contribution in [2.75, 3.05) is 0 Å². The second-order valence-corrected chi connectivity index (χ2v) is 6.20. The van der Waals surface area contributed by atoms with E-state index in [-0.39, 0.29) is 17.0 Å². The van der Waals surface area contributed by atoms with Crippen molar-refractivity contribution < 1.29 is 9.21 Å². The van der Waals surface area contributed by atoms with Gasteiger partial charge in [0.15, 0.2) is 0 Å². The molecule has 7 heteroatoms. The highest BCUT2D eigenvalue weighted by Crippen LogP contribution is 2.25. The number of amides is 1. The first-order valence-corrected chi connectivity index (χ1v) is 8.70. The zero-order chi connectivity index (χ0) is 19.5. The molecule has 4 rings (SSSR count). The molecule has 1 aromatic carbocycles. The third-order valence-corrected chi connectivity index (χ3v) is 4.46. The number of rotatable bonds is 5. The molecular weight excluding hydrogens is 354 g/mol. The maximum absolute atomic E-state index is 12.8. The van der Waals surface area contributed by atoms with Gasteiger partial charge in [-0.15, -0.1) is 0 Å². The number of nitriles is 1. The van der Waals surface area contributed by atoms with Crippen LogP contribution in [0.3, 0.4) is 0 Å². The van der Waals surface area contributed by atoms with Gasteiger partial charge in [0.25, 0.3) is 5.91 Å². The van der Waals surface area contributed by atoms with E-state index in [1.54, 1.807) is 36.4 Å². The van der Waals surface area contributed by atoms with Crippen molar-refractivity contribution in [3.8, 4) is 17.6 Å². The van der Waals surface area contributed by atoms with Crippen molar-refractivity contribution in [3.63, 3.8) is 0 Å². The van der Waals surface area contributed by atoms with Gasteiger partial charge in [-0.2, -0.15) is 5.26 Å². The number of furan rings is 1. The summed E-state index contributed by atoms with van der Waals surface area (Å²) in [6.45, 7) is 1.99. The van der Waals surface area contributed by atoms with Crippen molar-refractivity contribution in [1.82, 2.24) is 19.4 Å². The summed E-state index contributed by atoms with van der Waals surface area (Å²) in [4.78, 5) is 16.9. The van der Waals surface area contributed by atoms with Crippen LogP contribution in [0.5, 0.6) is 0 Å². The molecule has 138 valence electrons. The van der Waals surface area contributed by atoms with E-state index in [0.29, 0.717) is 18.2 Å². The van der Waals surface area contributed by atoms with E-state index in [1.165, 1.54) is 0 Å². The number of nitrogens with one attached hydrogen (secondary N) is 1. The molecule has 0 aliphatic carbocycles. The lowest BCUT2D eigenvalue weighted by Gasteiger charge is -2.11. The highest BCUT2D eigenvalue weighted by Gasteiger charge is 2.24. The van der Waals surface area contributed by atoms with Crippen molar-refractivity contribution in [3.05, 3.63) is 90.0 Å². The van der Waals surface area contributed by atoms with Gasteiger partial charge >= 0.3 is 0 Å². The van der Waals surface area contributed by atoms with Crippen molar-refractivity contribution >= 4 is 5.91 Å². The minimum absolute atomic E-state index is 0.217. The van der Waals surface area contributed by atoms with E-state index >= 15 is 0 Å². The maximum Gasteiger partial charge on any atom is 0.256 e. The summed E-state index contributed by atoms with van der Waals surface area (Å²) in [6, 6.07) is 13.5. The summed E-state index contributed by atoms with van der Waals surface area (Å²) < 4.78 is 9.27. The van der Waals surface area contributed by atoms with Crippen LogP contribution in [-0.2, 0) is 6.54 Å². The zero-order valence-electron chi connectivity index (χ0n) is 15.2. The quantitative estimate of drug-likeness (QED) is 0.582. The molecule has 0 saturated carbocycles. The number of hydrogen-bond donors (Lipinski definition) is 1. The van der Waals surface area contributed by atoms with Gasteiger partial charge in [-0.1, -0.05) is 18.2 Å². The molecule has 28 heavy (non-hydrogen) atoms. The van der Waals surface area contributed by atoms with Gasteiger partial charge in [-0.25, -0.2) is 4.98 Å². The highest BCUT2D eigenvalue weighted by atomic mass is 16.4. The summed E-state index contributed by atoms with van der Waals surface area (Å²) in [5.41, 5.74) is 2.33. The first-order chi connectivity index (χ1) is 13.7. The molecular formula is C21H17N5O2. The number of para-hydroxylation sites is 1. The third kappa shape index (κ3) is 3.08.